The van der Waals surface area contributed by atoms with Crippen molar-refractivity contribution in [1.29, 1.82) is 0 Å². The SMILES string of the molecule is CO[C@@H]1C[C@@H](OC(=O)c2ccccc2C)[C@H](COC(=O)c2ccccc2C)O1. The van der Waals surface area contributed by atoms with Crippen molar-refractivity contribution in [1.82, 2.24) is 0 Å². The van der Waals surface area contributed by atoms with Gasteiger partial charge in [0, 0.05) is 13.5 Å². The van der Waals surface area contributed by atoms with Gasteiger partial charge in [0.15, 0.2) is 6.29 Å². The van der Waals surface area contributed by atoms with Crippen molar-refractivity contribution in [2.24, 2.45) is 0 Å². The van der Waals surface area contributed by atoms with Crippen molar-refractivity contribution in [2.75, 3.05) is 13.7 Å². The van der Waals surface area contributed by atoms with Gasteiger partial charge in [-0.1, -0.05) is 36.4 Å². The number of esters is 2. The van der Waals surface area contributed by atoms with Crippen LogP contribution in [0.1, 0.15) is 38.3 Å². The third-order valence-corrected chi connectivity index (χ3v) is 4.80. The molecular weight excluding hydrogens is 360 g/mol. The number of hydrogen-bond acceptors (Lipinski definition) is 6. The lowest BCUT2D eigenvalue weighted by Crippen LogP contribution is -2.32. The molecule has 0 radical (unpaired) electrons. The molecule has 0 N–H and O–H groups in total. The minimum Gasteiger partial charge on any atom is -0.459 e. The Balaban J connectivity index is 1.65. The van der Waals surface area contributed by atoms with Crippen LogP contribution in [0, 0.1) is 13.8 Å². The van der Waals surface area contributed by atoms with Gasteiger partial charge in [-0.3, -0.25) is 0 Å². The van der Waals surface area contributed by atoms with E-state index in [0.29, 0.717) is 17.5 Å². The molecule has 2 aromatic carbocycles. The molecule has 2 aromatic rings. The Kier molecular flexibility index (Phi) is 6.44. The molecule has 28 heavy (non-hydrogen) atoms. The second kappa shape index (κ2) is 8.99. The lowest BCUT2D eigenvalue weighted by atomic mass is 10.1. The van der Waals surface area contributed by atoms with Crippen molar-refractivity contribution in [3.8, 4) is 0 Å². The van der Waals surface area contributed by atoms with Crippen LogP contribution in [0.3, 0.4) is 0 Å². The van der Waals surface area contributed by atoms with Crippen LogP contribution in [0.15, 0.2) is 48.5 Å². The average molecular weight is 384 g/mol. The molecule has 0 aliphatic carbocycles. The van der Waals surface area contributed by atoms with Gasteiger partial charge in [0.2, 0.25) is 0 Å². The minimum atomic E-state index is -0.592. The third-order valence-electron chi connectivity index (χ3n) is 4.80. The Morgan fingerprint density at radius 3 is 2.11 bits per heavy atom. The van der Waals surface area contributed by atoms with Crippen molar-refractivity contribution >= 4 is 11.9 Å². The highest BCUT2D eigenvalue weighted by Crippen LogP contribution is 2.26. The molecule has 1 aliphatic rings. The summed E-state index contributed by atoms with van der Waals surface area (Å²) in [6, 6.07) is 14.4. The molecule has 148 valence electrons. The first kappa shape index (κ1) is 20.0. The lowest BCUT2D eigenvalue weighted by molar-refractivity contribution is -0.128. The number of carbonyl (C=O) groups is 2. The summed E-state index contributed by atoms with van der Waals surface area (Å²) in [6.07, 6.45) is -1.30. The fourth-order valence-corrected chi connectivity index (χ4v) is 3.14. The monoisotopic (exact) mass is 384 g/mol. The summed E-state index contributed by atoms with van der Waals surface area (Å²) in [7, 11) is 1.52. The van der Waals surface area contributed by atoms with E-state index in [4.69, 9.17) is 18.9 Å². The smallest absolute Gasteiger partial charge is 0.338 e. The average Bonchev–Trinajstić information content (AvgIpc) is 3.08. The number of aryl methyl sites for hydroxylation is 2. The van der Waals surface area contributed by atoms with E-state index in [9.17, 15) is 9.59 Å². The van der Waals surface area contributed by atoms with Crippen molar-refractivity contribution in [3.63, 3.8) is 0 Å². The molecule has 0 unspecified atom stereocenters. The zero-order valence-electron chi connectivity index (χ0n) is 16.2. The van der Waals surface area contributed by atoms with Crippen molar-refractivity contribution < 1.29 is 28.5 Å². The molecule has 3 atom stereocenters. The van der Waals surface area contributed by atoms with Crippen LogP contribution in [0.2, 0.25) is 0 Å². The molecular formula is C22H24O6. The van der Waals surface area contributed by atoms with E-state index < -0.39 is 30.4 Å². The molecule has 6 heteroatoms. The number of benzene rings is 2. The van der Waals surface area contributed by atoms with Gasteiger partial charge in [0.05, 0.1) is 11.1 Å². The summed E-state index contributed by atoms with van der Waals surface area (Å²) < 4.78 is 22.0. The molecule has 1 heterocycles. The van der Waals surface area contributed by atoms with E-state index in [1.165, 1.54) is 7.11 Å². The summed E-state index contributed by atoms with van der Waals surface area (Å²) in [5.41, 5.74) is 2.66. The number of rotatable bonds is 6. The van der Waals surface area contributed by atoms with Crippen LogP contribution in [0.5, 0.6) is 0 Å². The topological polar surface area (TPSA) is 71.1 Å². The minimum absolute atomic E-state index is 0.0290. The predicted octanol–water partition coefficient (Wildman–Crippen LogP) is 3.45. The predicted molar refractivity (Wildman–Crippen MR) is 102 cm³/mol. The number of ether oxygens (including phenoxy) is 4. The molecule has 1 saturated heterocycles. The van der Waals surface area contributed by atoms with Crippen LogP contribution >= 0.6 is 0 Å². The molecule has 0 spiro atoms. The molecule has 0 bridgehead atoms. The first-order valence-corrected chi connectivity index (χ1v) is 9.17. The standard InChI is InChI=1S/C22H24O6/c1-14-8-4-6-10-16(14)21(23)26-13-19-18(12-20(25-3)27-19)28-22(24)17-11-7-5-9-15(17)2/h4-11,18-20H,12-13H2,1-3H3/t18-,19+,20+/m1/s1. The van der Waals surface area contributed by atoms with E-state index in [1.807, 2.05) is 38.1 Å². The fourth-order valence-electron chi connectivity index (χ4n) is 3.14. The third kappa shape index (κ3) is 4.58. The Hall–Kier alpha value is -2.70. The van der Waals surface area contributed by atoms with Gasteiger partial charge < -0.3 is 18.9 Å². The number of methoxy groups -OCH3 is 1. The molecule has 0 saturated carbocycles. The number of hydrogen-bond donors (Lipinski definition) is 0. The van der Waals surface area contributed by atoms with Crippen LogP contribution in [0.25, 0.3) is 0 Å². The van der Waals surface area contributed by atoms with Gasteiger partial charge >= 0.3 is 11.9 Å². The summed E-state index contributed by atoms with van der Waals surface area (Å²) in [5, 5.41) is 0. The van der Waals surface area contributed by atoms with Gasteiger partial charge in [-0.05, 0) is 37.1 Å². The molecule has 1 fully saturated rings. The van der Waals surface area contributed by atoms with Gasteiger partial charge in [0.1, 0.15) is 18.8 Å². The van der Waals surface area contributed by atoms with Gasteiger partial charge in [-0.2, -0.15) is 0 Å². The van der Waals surface area contributed by atoms with Gasteiger partial charge in [-0.15, -0.1) is 0 Å². The summed E-state index contributed by atoms with van der Waals surface area (Å²) in [6.45, 7) is 3.66. The second-order valence-electron chi connectivity index (χ2n) is 6.75. The van der Waals surface area contributed by atoms with Crippen molar-refractivity contribution in [2.45, 2.75) is 38.8 Å². The molecule has 3 rings (SSSR count). The highest BCUT2D eigenvalue weighted by Gasteiger charge is 2.39. The first-order chi connectivity index (χ1) is 13.5. The van der Waals surface area contributed by atoms with E-state index in [2.05, 4.69) is 0 Å². The van der Waals surface area contributed by atoms with Gasteiger partial charge in [-0.25, -0.2) is 9.59 Å². The summed E-state index contributed by atoms with van der Waals surface area (Å²) in [5.74, 6) is -0.870. The normalized spacial score (nSPS) is 21.3. The Labute approximate surface area is 164 Å². The highest BCUT2D eigenvalue weighted by atomic mass is 16.7. The van der Waals surface area contributed by atoms with E-state index in [1.54, 1.807) is 24.3 Å². The largest absolute Gasteiger partial charge is 0.459 e. The highest BCUT2D eigenvalue weighted by molar-refractivity contribution is 5.91. The summed E-state index contributed by atoms with van der Waals surface area (Å²) in [4.78, 5) is 24.9. The Bertz CT molecular complexity index is 846. The van der Waals surface area contributed by atoms with E-state index >= 15 is 0 Å². The summed E-state index contributed by atoms with van der Waals surface area (Å²) >= 11 is 0. The molecule has 0 amide bonds. The maximum absolute atomic E-state index is 12.5. The van der Waals surface area contributed by atoms with E-state index in [-0.39, 0.29) is 6.61 Å². The lowest BCUT2D eigenvalue weighted by Gasteiger charge is -2.19. The quantitative estimate of drug-likeness (QED) is 0.711. The first-order valence-electron chi connectivity index (χ1n) is 9.17. The molecule has 1 aliphatic heterocycles. The zero-order valence-corrected chi connectivity index (χ0v) is 16.2. The maximum atomic E-state index is 12.5. The molecule has 6 nitrogen and oxygen atoms in total. The van der Waals surface area contributed by atoms with Crippen LogP contribution < -0.4 is 0 Å². The van der Waals surface area contributed by atoms with E-state index in [0.717, 1.165) is 11.1 Å². The maximum Gasteiger partial charge on any atom is 0.338 e. The zero-order chi connectivity index (χ0) is 20.1. The van der Waals surface area contributed by atoms with Crippen LogP contribution in [-0.2, 0) is 18.9 Å². The Morgan fingerprint density at radius 1 is 0.964 bits per heavy atom. The van der Waals surface area contributed by atoms with Crippen LogP contribution in [0.4, 0.5) is 0 Å². The molecule has 0 aromatic heterocycles. The van der Waals surface area contributed by atoms with Crippen molar-refractivity contribution in [3.05, 3.63) is 70.8 Å². The number of carbonyl (C=O) groups excluding carboxylic acids is 2. The van der Waals surface area contributed by atoms with Crippen LogP contribution in [-0.4, -0.2) is 44.2 Å². The Morgan fingerprint density at radius 2 is 1.54 bits per heavy atom. The second-order valence-corrected chi connectivity index (χ2v) is 6.75. The van der Waals surface area contributed by atoms with Gasteiger partial charge in [0.25, 0.3) is 0 Å². The fraction of sp³-hybridized carbons (Fsp3) is 0.364.